The van der Waals surface area contributed by atoms with Crippen molar-refractivity contribution in [2.75, 3.05) is 13.1 Å². The molecule has 1 aromatic heterocycles. The van der Waals surface area contributed by atoms with E-state index in [-0.39, 0.29) is 12.3 Å². The second kappa shape index (κ2) is 5.38. The van der Waals surface area contributed by atoms with E-state index in [2.05, 4.69) is 0 Å². The van der Waals surface area contributed by atoms with Crippen molar-refractivity contribution in [2.45, 2.75) is 23.5 Å². The van der Waals surface area contributed by atoms with E-state index in [1.165, 1.54) is 15.6 Å². The first kappa shape index (κ1) is 13.5. The van der Waals surface area contributed by atoms with Crippen LogP contribution in [0.2, 0.25) is 0 Å². The molecule has 0 unspecified atom stereocenters. The van der Waals surface area contributed by atoms with Gasteiger partial charge in [0.2, 0.25) is 0 Å². The summed E-state index contributed by atoms with van der Waals surface area (Å²) in [5.74, 6) is -0.716. The van der Waals surface area contributed by atoms with Crippen LogP contribution in [0, 0.1) is 5.92 Å². The summed E-state index contributed by atoms with van der Waals surface area (Å²) < 4.78 is 26.2. The number of piperidine rings is 1. The molecule has 5 nitrogen and oxygen atoms in total. The van der Waals surface area contributed by atoms with Crippen LogP contribution < -0.4 is 0 Å². The molecule has 0 radical (unpaired) electrons. The highest BCUT2D eigenvalue weighted by Crippen LogP contribution is 2.27. The van der Waals surface area contributed by atoms with Gasteiger partial charge in [-0.3, -0.25) is 4.79 Å². The molecule has 100 valence electrons. The summed E-state index contributed by atoms with van der Waals surface area (Å²) in [5.41, 5.74) is 0. The molecule has 0 amide bonds. The van der Waals surface area contributed by atoms with Gasteiger partial charge in [0.25, 0.3) is 10.0 Å². The Labute approximate surface area is 110 Å². The highest BCUT2D eigenvalue weighted by atomic mass is 32.2. The first-order valence-electron chi connectivity index (χ1n) is 5.75. The van der Waals surface area contributed by atoms with Crippen LogP contribution in [0.1, 0.15) is 19.3 Å². The van der Waals surface area contributed by atoms with Gasteiger partial charge < -0.3 is 5.11 Å². The maximum atomic E-state index is 12.2. The van der Waals surface area contributed by atoms with Gasteiger partial charge in [0.15, 0.2) is 0 Å². The van der Waals surface area contributed by atoms with Crippen molar-refractivity contribution >= 4 is 27.3 Å². The minimum Gasteiger partial charge on any atom is -0.481 e. The second-order valence-corrected chi connectivity index (χ2v) is 7.49. The first-order valence-corrected chi connectivity index (χ1v) is 8.07. The number of nitrogens with zero attached hydrogens (tertiary/aromatic N) is 1. The van der Waals surface area contributed by atoms with Crippen LogP contribution in [0.25, 0.3) is 0 Å². The predicted octanol–water partition coefficient (Wildman–Crippen LogP) is 1.62. The second-order valence-electron chi connectivity index (χ2n) is 4.38. The number of carboxylic acid groups (broad SMARTS) is 1. The number of hydrogen-bond acceptors (Lipinski definition) is 4. The van der Waals surface area contributed by atoms with Crippen molar-refractivity contribution in [1.29, 1.82) is 0 Å². The molecule has 1 aromatic rings. The molecule has 0 saturated carbocycles. The van der Waals surface area contributed by atoms with Gasteiger partial charge in [-0.15, -0.1) is 11.3 Å². The average Bonchev–Trinajstić information content (AvgIpc) is 2.83. The Balaban J connectivity index is 2.00. The van der Waals surface area contributed by atoms with Crippen LogP contribution in [0.15, 0.2) is 21.7 Å². The normalized spacial score (nSPS) is 18.9. The van der Waals surface area contributed by atoms with Crippen molar-refractivity contribution in [3.8, 4) is 0 Å². The number of carboxylic acids is 1. The van der Waals surface area contributed by atoms with Crippen LogP contribution >= 0.6 is 11.3 Å². The average molecular weight is 289 g/mol. The third-order valence-electron chi connectivity index (χ3n) is 3.13. The van der Waals surface area contributed by atoms with Gasteiger partial charge in [0.05, 0.1) is 0 Å². The number of thiophene rings is 1. The molecule has 0 aliphatic carbocycles. The monoisotopic (exact) mass is 289 g/mol. The highest BCUT2D eigenvalue weighted by Gasteiger charge is 2.30. The zero-order valence-electron chi connectivity index (χ0n) is 9.78. The molecule has 1 aliphatic rings. The lowest BCUT2D eigenvalue weighted by Crippen LogP contribution is -2.38. The van der Waals surface area contributed by atoms with Crippen molar-refractivity contribution < 1.29 is 18.3 Å². The molecule has 1 aliphatic heterocycles. The summed E-state index contributed by atoms with van der Waals surface area (Å²) >= 11 is 1.21. The molecule has 0 spiro atoms. The smallest absolute Gasteiger partial charge is 0.303 e. The van der Waals surface area contributed by atoms with Gasteiger partial charge >= 0.3 is 5.97 Å². The number of sulfonamides is 1. The Bertz CT molecular complexity index is 501. The Morgan fingerprint density at radius 3 is 2.61 bits per heavy atom. The van der Waals surface area contributed by atoms with Crippen LogP contribution in [0.4, 0.5) is 0 Å². The molecule has 18 heavy (non-hydrogen) atoms. The van der Waals surface area contributed by atoms with Crippen molar-refractivity contribution in [3.05, 3.63) is 17.5 Å². The van der Waals surface area contributed by atoms with Gasteiger partial charge in [0, 0.05) is 19.5 Å². The SMILES string of the molecule is O=C(O)CC1CCN(S(=O)(=O)c2cccs2)CC1. The standard InChI is InChI=1S/C11H15NO4S2/c13-10(14)8-9-3-5-12(6-4-9)18(15,16)11-2-1-7-17-11/h1-2,7,9H,3-6,8H2,(H,13,14). The minimum absolute atomic E-state index is 0.0947. The van der Waals surface area contributed by atoms with E-state index in [4.69, 9.17) is 5.11 Å². The Morgan fingerprint density at radius 2 is 2.11 bits per heavy atom. The number of aliphatic carboxylic acids is 1. The molecule has 1 N–H and O–H groups in total. The molecule has 1 saturated heterocycles. The maximum Gasteiger partial charge on any atom is 0.303 e. The van der Waals surface area contributed by atoms with E-state index in [0.29, 0.717) is 30.1 Å². The van der Waals surface area contributed by atoms with Gasteiger partial charge in [-0.2, -0.15) is 4.31 Å². The summed E-state index contributed by atoms with van der Waals surface area (Å²) in [5, 5.41) is 10.5. The van der Waals surface area contributed by atoms with Gasteiger partial charge in [0.1, 0.15) is 4.21 Å². The molecule has 0 atom stereocenters. The number of hydrogen-bond donors (Lipinski definition) is 1. The quantitative estimate of drug-likeness (QED) is 0.914. The zero-order valence-corrected chi connectivity index (χ0v) is 11.4. The van der Waals surface area contributed by atoms with Crippen molar-refractivity contribution in [3.63, 3.8) is 0 Å². The van der Waals surface area contributed by atoms with Gasteiger partial charge in [-0.25, -0.2) is 8.42 Å². The van der Waals surface area contributed by atoms with E-state index in [1.807, 2.05) is 0 Å². The largest absolute Gasteiger partial charge is 0.481 e. The summed E-state index contributed by atoms with van der Waals surface area (Å²) in [6.07, 6.45) is 1.38. The van der Waals surface area contributed by atoms with Crippen LogP contribution in [0.5, 0.6) is 0 Å². The highest BCUT2D eigenvalue weighted by molar-refractivity contribution is 7.91. The zero-order chi connectivity index (χ0) is 13.2. The van der Waals surface area contributed by atoms with Crippen LogP contribution in [-0.4, -0.2) is 36.9 Å². The summed E-state index contributed by atoms with van der Waals surface area (Å²) in [6.45, 7) is 0.830. The Kier molecular flexibility index (Phi) is 4.04. The molecular formula is C11H15NO4S2. The molecule has 1 fully saturated rings. The summed E-state index contributed by atoms with van der Waals surface area (Å²) in [6, 6.07) is 3.32. The lowest BCUT2D eigenvalue weighted by molar-refractivity contribution is -0.138. The summed E-state index contributed by atoms with van der Waals surface area (Å²) in [7, 11) is -3.37. The van der Waals surface area contributed by atoms with E-state index < -0.39 is 16.0 Å². The Morgan fingerprint density at radius 1 is 1.44 bits per heavy atom. The fourth-order valence-electron chi connectivity index (χ4n) is 2.14. The number of carbonyl (C=O) groups is 1. The molecular weight excluding hydrogens is 274 g/mol. The predicted molar refractivity (Wildman–Crippen MR) is 68.1 cm³/mol. The third-order valence-corrected chi connectivity index (χ3v) is 6.40. The molecule has 0 bridgehead atoms. The fraction of sp³-hybridized carbons (Fsp3) is 0.545. The molecule has 2 heterocycles. The first-order chi connectivity index (χ1) is 8.50. The third kappa shape index (κ3) is 2.90. The molecule has 0 aromatic carbocycles. The Hall–Kier alpha value is -0.920. The van der Waals surface area contributed by atoms with Crippen molar-refractivity contribution in [2.24, 2.45) is 5.92 Å². The fourth-order valence-corrected chi connectivity index (χ4v) is 4.75. The molecule has 7 heteroatoms. The van der Waals surface area contributed by atoms with Gasteiger partial charge in [-0.1, -0.05) is 6.07 Å². The summed E-state index contributed by atoms with van der Waals surface area (Å²) in [4.78, 5) is 10.6. The van der Waals surface area contributed by atoms with Crippen molar-refractivity contribution in [1.82, 2.24) is 4.31 Å². The molecule has 2 rings (SSSR count). The van der Waals surface area contributed by atoms with Gasteiger partial charge in [-0.05, 0) is 30.2 Å². The lowest BCUT2D eigenvalue weighted by atomic mass is 9.95. The minimum atomic E-state index is -3.37. The van der Waals surface area contributed by atoms with Crippen LogP contribution in [0.3, 0.4) is 0 Å². The van der Waals surface area contributed by atoms with E-state index in [9.17, 15) is 13.2 Å². The maximum absolute atomic E-state index is 12.2. The topological polar surface area (TPSA) is 74.7 Å². The van der Waals surface area contributed by atoms with E-state index in [1.54, 1.807) is 17.5 Å². The van der Waals surface area contributed by atoms with Crippen LogP contribution in [-0.2, 0) is 14.8 Å². The van der Waals surface area contributed by atoms with E-state index in [0.717, 1.165) is 0 Å². The lowest BCUT2D eigenvalue weighted by Gasteiger charge is -2.30. The van der Waals surface area contributed by atoms with E-state index >= 15 is 0 Å². The number of rotatable bonds is 4.